The first-order valence-corrected chi connectivity index (χ1v) is 20.1. The van der Waals surface area contributed by atoms with E-state index in [9.17, 15) is 13.2 Å². The molecule has 1 heterocycles. The maximum atomic E-state index is 12.8. The average molecular weight is 799 g/mol. The van der Waals surface area contributed by atoms with Gasteiger partial charge in [0.1, 0.15) is 5.75 Å². The van der Waals surface area contributed by atoms with Gasteiger partial charge in [-0.3, -0.25) is 0 Å². The summed E-state index contributed by atoms with van der Waals surface area (Å²) in [5.41, 5.74) is 14.7. The molecule has 0 aliphatic heterocycles. The maximum Gasteiger partial charge on any atom is 0.573 e. The van der Waals surface area contributed by atoms with Crippen molar-refractivity contribution in [3.63, 3.8) is 0 Å². The molecule has 0 aliphatic carbocycles. The first-order valence-electron chi connectivity index (χ1n) is 20.1. The van der Waals surface area contributed by atoms with Crippen molar-refractivity contribution in [2.45, 2.75) is 6.36 Å². The summed E-state index contributed by atoms with van der Waals surface area (Å²) in [5.74, 6) is -0.254. The van der Waals surface area contributed by atoms with Crippen LogP contribution >= 0.6 is 0 Å². The predicted molar refractivity (Wildman–Crippen MR) is 244 cm³/mol. The zero-order chi connectivity index (χ0) is 41.3. The van der Waals surface area contributed by atoms with Gasteiger partial charge in [0, 0.05) is 33.5 Å². The van der Waals surface area contributed by atoms with Gasteiger partial charge >= 0.3 is 6.36 Å². The molecular weight excluding hydrogens is 762 g/mol. The Kier molecular flexibility index (Phi) is 9.66. The molecule has 0 saturated heterocycles. The van der Waals surface area contributed by atoms with E-state index >= 15 is 0 Å². The molecule has 0 radical (unpaired) electrons. The average Bonchev–Trinajstić information content (AvgIpc) is 3.64. The van der Waals surface area contributed by atoms with Gasteiger partial charge in [-0.15, -0.1) is 13.2 Å². The number of ether oxygens (including phenoxy) is 1. The number of para-hydroxylation sites is 2. The quantitative estimate of drug-likeness (QED) is 0.145. The largest absolute Gasteiger partial charge is 0.573 e. The van der Waals surface area contributed by atoms with Gasteiger partial charge in [-0.1, -0.05) is 146 Å². The SMILES string of the molecule is FC(F)(F)Oc1ccc(-c2ccc(N(c3ccc(-c4cccc(-c5ccccc5)c4)cc3)c3ccc(-c4cccc(-n5c6ccccc6c6ccccc65)c4)cc3)cc2)cc1. The molecule has 294 valence electrons. The molecule has 0 bridgehead atoms. The molecule has 9 aromatic carbocycles. The van der Waals surface area contributed by atoms with Crippen molar-refractivity contribution in [3.8, 4) is 55.9 Å². The van der Waals surface area contributed by atoms with E-state index in [1.807, 2.05) is 30.3 Å². The molecule has 0 aliphatic rings. The van der Waals surface area contributed by atoms with Crippen LogP contribution in [0.15, 0.2) is 224 Å². The van der Waals surface area contributed by atoms with Crippen LogP contribution in [0.3, 0.4) is 0 Å². The summed E-state index contributed by atoms with van der Waals surface area (Å²) < 4.78 is 44.8. The summed E-state index contributed by atoms with van der Waals surface area (Å²) in [4.78, 5) is 2.21. The fourth-order valence-corrected chi connectivity index (χ4v) is 8.24. The molecule has 3 nitrogen and oxygen atoms in total. The van der Waals surface area contributed by atoms with E-state index in [2.05, 4.69) is 184 Å². The second-order valence-corrected chi connectivity index (χ2v) is 14.9. The number of anilines is 3. The van der Waals surface area contributed by atoms with Gasteiger partial charge in [-0.2, -0.15) is 0 Å². The van der Waals surface area contributed by atoms with Crippen LogP contribution in [-0.4, -0.2) is 10.9 Å². The number of hydrogen-bond acceptors (Lipinski definition) is 2. The lowest BCUT2D eigenvalue weighted by Gasteiger charge is -2.26. The Morgan fingerprint density at radius 3 is 1.21 bits per heavy atom. The van der Waals surface area contributed by atoms with Gasteiger partial charge in [0.2, 0.25) is 0 Å². The zero-order valence-electron chi connectivity index (χ0n) is 32.8. The molecule has 1 aromatic heterocycles. The number of benzene rings is 9. The van der Waals surface area contributed by atoms with Crippen molar-refractivity contribution in [1.29, 1.82) is 0 Å². The van der Waals surface area contributed by atoms with Gasteiger partial charge < -0.3 is 14.2 Å². The van der Waals surface area contributed by atoms with E-state index in [1.165, 1.54) is 39.5 Å². The molecule has 10 aromatic rings. The van der Waals surface area contributed by atoms with Crippen LogP contribution in [0.25, 0.3) is 72.0 Å². The van der Waals surface area contributed by atoms with E-state index in [0.29, 0.717) is 0 Å². The standard InChI is InChI=1S/C55H37F3N2O/c56-55(57,58)61-50-34-26-40(27-35-50)39-20-28-46(29-21-39)59(47-30-22-41(23-31-47)44-13-8-12-43(36-44)38-10-2-1-3-11-38)48-32-24-42(25-33-48)45-14-9-15-49(37-45)60-53-18-6-4-16-51(53)52-17-5-7-19-54(52)60/h1-37H. The zero-order valence-corrected chi connectivity index (χ0v) is 32.8. The van der Waals surface area contributed by atoms with Gasteiger partial charge in [0.25, 0.3) is 0 Å². The molecule has 0 N–H and O–H groups in total. The van der Waals surface area contributed by atoms with Crippen LogP contribution in [0.1, 0.15) is 0 Å². The van der Waals surface area contributed by atoms with Gasteiger partial charge in [0.15, 0.2) is 0 Å². The van der Waals surface area contributed by atoms with Crippen molar-refractivity contribution in [2.24, 2.45) is 0 Å². The minimum Gasteiger partial charge on any atom is -0.406 e. The molecule has 6 heteroatoms. The third-order valence-electron chi connectivity index (χ3n) is 11.1. The van der Waals surface area contributed by atoms with Crippen LogP contribution < -0.4 is 9.64 Å². The summed E-state index contributed by atoms with van der Waals surface area (Å²) in [5, 5.41) is 2.45. The van der Waals surface area contributed by atoms with Crippen LogP contribution in [0.4, 0.5) is 30.2 Å². The molecule has 0 unspecified atom stereocenters. The molecule has 0 saturated carbocycles. The van der Waals surface area contributed by atoms with E-state index in [1.54, 1.807) is 12.1 Å². The lowest BCUT2D eigenvalue weighted by atomic mass is 9.98. The Balaban J connectivity index is 0.994. The molecule has 0 amide bonds. The van der Waals surface area contributed by atoms with Crippen LogP contribution in [0, 0.1) is 0 Å². The summed E-state index contributed by atoms with van der Waals surface area (Å²) in [6.45, 7) is 0. The molecule has 0 fully saturated rings. The molecule has 61 heavy (non-hydrogen) atoms. The minimum absolute atomic E-state index is 0.254. The number of aromatic nitrogens is 1. The molecule has 10 rings (SSSR count). The smallest absolute Gasteiger partial charge is 0.406 e. The highest BCUT2D eigenvalue weighted by molar-refractivity contribution is 6.09. The van der Waals surface area contributed by atoms with E-state index < -0.39 is 6.36 Å². The summed E-state index contributed by atoms with van der Waals surface area (Å²) in [7, 11) is 0. The second-order valence-electron chi connectivity index (χ2n) is 14.9. The number of fused-ring (bicyclic) bond motifs is 3. The van der Waals surface area contributed by atoms with Crippen molar-refractivity contribution in [3.05, 3.63) is 224 Å². The van der Waals surface area contributed by atoms with Gasteiger partial charge in [0.05, 0.1) is 11.0 Å². The van der Waals surface area contributed by atoms with Crippen LogP contribution in [0.5, 0.6) is 5.75 Å². The Hall–Kier alpha value is -7.83. The summed E-state index contributed by atoms with van der Waals surface area (Å²) in [6, 6.07) is 75.9. The Morgan fingerprint density at radius 2 is 0.721 bits per heavy atom. The molecule has 0 spiro atoms. The monoisotopic (exact) mass is 798 g/mol. The number of hydrogen-bond donors (Lipinski definition) is 0. The normalized spacial score (nSPS) is 11.5. The highest BCUT2D eigenvalue weighted by Gasteiger charge is 2.31. The number of rotatable bonds is 9. The third kappa shape index (κ3) is 7.63. The fourth-order valence-electron chi connectivity index (χ4n) is 8.24. The van der Waals surface area contributed by atoms with Crippen molar-refractivity contribution in [1.82, 2.24) is 4.57 Å². The minimum atomic E-state index is -4.74. The first kappa shape index (κ1) is 37.4. The molecule has 0 atom stereocenters. The fraction of sp³-hybridized carbons (Fsp3) is 0.0182. The number of nitrogens with zero attached hydrogens (tertiary/aromatic N) is 2. The highest BCUT2D eigenvalue weighted by atomic mass is 19.4. The number of halogens is 3. The molecular formula is C55H37F3N2O. The maximum absolute atomic E-state index is 12.8. The Labute approximate surface area is 351 Å². The highest BCUT2D eigenvalue weighted by Crippen LogP contribution is 2.39. The Morgan fingerprint density at radius 1 is 0.344 bits per heavy atom. The lowest BCUT2D eigenvalue weighted by molar-refractivity contribution is -0.274. The second kappa shape index (κ2) is 15.7. The van der Waals surface area contributed by atoms with Crippen molar-refractivity contribution >= 4 is 38.9 Å². The Bertz CT molecular complexity index is 3060. The van der Waals surface area contributed by atoms with E-state index in [0.717, 1.165) is 61.7 Å². The summed E-state index contributed by atoms with van der Waals surface area (Å²) in [6.07, 6.45) is -4.74. The van der Waals surface area contributed by atoms with Crippen molar-refractivity contribution < 1.29 is 17.9 Å². The van der Waals surface area contributed by atoms with Gasteiger partial charge in [-0.05, 0) is 123 Å². The van der Waals surface area contributed by atoms with Crippen LogP contribution in [-0.2, 0) is 0 Å². The van der Waals surface area contributed by atoms with Gasteiger partial charge in [-0.25, -0.2) is 0 Å². The first-order chi connectivity index (χ1) is 29.8. The van der Waals surface area contributed by atoms with Crippen molar-refractivity contribution in [2.75, 3.05) is 4.90 Å². The number of alkyl halides is 3. The van der Waals surface area contributed by atoms with E-state index in [4.69, 9.17) is 0 Å². The summed E-state index contributed by atoms with van der Waals surface area (Å²) >= 11 is 0. The third-order valence-corrected chi connectivity index (χ3v) is 11.1. The van der Waals surface area contributed by atoms with Crippen LogP contribution in [0.2, 0.25) is 0 Å². The predicted octanol–water partition coefficient (Wildman–Crippen LogP) is 15.8. The van der Waals surface area contributed by atoms with E-state index in [-0.39, 0.29) is 5.75 Å². The lowest BCUT2D eigenvalue weighted by Crippen LogP contribution is -2.16. The topological polar surface area (TPSA) is 17.4 Å².